The van der Waals surface area contributed by atoms with E-state index in [1.165, 1.54) is 43.7 Å². The van der Waals surface area contributed by atoms with Crippen molar-refractivity contribution >= 4 is 17.8 Å². The molecule has 0 spiro atoms. The lowest BCUT2D eigenvalue weighted by Crippen LogP contribution is -2.24. The average Bonchev–Trinajstić information content (AvgIpc) is 2.61. The Bertz CT molecular complexity index is 806. The molecule has 0 bridgehead atoms. The number of phenols is 1. The zero-order valence-electron chi connectivity index (χ0n) is 13.2. The van der Waals surface area contributed by atoms with Crippen LogP contribution in [0.25, 0.3) is 0 Å². The van der Waals surface area contributed by atoms with E-state index in [-0.39, 0.29) is 17.2 Å². The van der Waals surface area contributed by atoms with Crippen LogP contribution in [-0.2, 0) is 4.79 Å². The molecule has 0 saturated heterocycles. The second-order valence-corrected chi connectivity index (χ2v) is 4.73. The van der Waals surface area contributed by atoms with Gasteiger partial charge in [0.15, 0.2) is 12.4 Å². The van der Waals surface area contributed by atoms with Gasteiger partial charge in [0.25, 0.3) is 5.91 Å². The predicted octanol–water partition coefficient (Wildman–Crippen LogP) is 1.84. The number of nitrogens with zero attached hydrogens (tertiary/aromatic N) is 2. The summed E-state index contributed by atoms with van der Waals surface area (Å²) in [6.07, 6.45) is 1.24. The summed E-state index contributed by atoms with van der Waals surface area (Å²) < 4.78 is 10.1. The summed E-state index contributed by atoms with van der Waals surface area (Å²) in [5.41, 5.74) is 2.31. The topological polar surface area (TPSA) is 123 Å². The zero-order chi connectivity index (χ0) is 18.2. The Kier molecular flexibility index (Phi) is 5.88. The third kappa shape index (κ3) is 4.93. The lowest BCUT2D eigenvalue weighted by molar-refractivity contribution is -0.385. The number of nitro groups is 1. The molecule has 2 rings (SSSR count). The Morgan fingerprint density at radius 3 is 2.84 bits per heavy atom. The van der Waals surface area contributed by atoms with Crippen molar-refractivity contribution < 1.29 is 24.3 Å². The Hall–Kier alpha value is -3.62. The van der Waals surface area contributed by atoms with Gasteiger partial charge < -0.3 is 14.6 Å². The van der Waals surface area contributed by atoms with Crippen molar-refractivity contribution in [2.75, 3.05) is 13.7 Å². The number of nitrogens with one attached hydrogen (secondary N) is 1. The van der Waals surface area contributed by atoms with Gasteiger partial charge in [-0.05, 0) is 24.3 Å². The lowest BCUT2D eigenvalue weighted by Gasteiger charge is -2.05. The molecule has 130 valence electrons. The smallest absolute Gasteiger partial charge is 0.310 e. The minimum atomic E-state index is -0.614. The van der Waals surface area contributed by atoms with E-state index < -0.39 is 17.4 Å². The molecular weight excluding hydrogens is 330 g/mol. The number of carbonyl (C=O) groups is 1. The minimum absolute atomic E-state index is 0.0166. The van der Waals surface area contributed by atoms with Crippen LogP contribution in [0.15, 0.2) is 47.6 Å². The molecule has 0 atom stereocenters. The highest BCUT2D eigenvalue weighted by Crippen LogP contribution is 2.25. The van der Waals surface area contributed by atoms with Gasteiger partial charge in [0.1, 0.15) is 11.5 Å². The molecule has 0 saturated carbocycles. The van der Waals surface area contributed by atoms with Crippen LogP contribution in [0.1, 0.15) is 5.56 Å². The second kappa shape index (κ2) is 8.29. The first-order valence-corrected chi connectivity index (χ1v) is 7.06. The number of methoxy groups -OCH3 is 1. The number of benzene rings is 2. The summed E-state index contributed by atoms with van der Waals surface area (Å²) in [7, 11) is 1.48. The van der Waals surface area contributed by atoms with Crippen molar-refractivity contribution in [3.05, 3.63) is 58.1 Å². The van der Waals surface area contributed by atoms with Gasteiger partial charge in [0.2, 0.25) is 0 Å². The molecule has 2 aromatic carbocycles. The normalized spacial score (nSPS) is 10.4. The number of carbonyl (C=O) groups excluding carboxylic acids is 1. The molecule has 9 nitrogen and oxygen atoms in total. The summed E-state index contributed by atoms with van der Waals surface area (Å²) in [6.45, 7) is -0.452. The van der Waals surface area contributed by atoms with Crippen LogP contribution in [0.5, 0.6) is 17.2 Å². The number of rotatable bonds is 7. The number of hydrogen-bond donors (Lipinski definition) is 2. The van der Waals surface area contributed by atoms with Crippen LogP contribution in [0.4, 0.5) is 5.69 Å². The van der Waals surface area contributed by atoms with Gasteiger partial charge in [0, 0.05) is 11.6 Å². The fourth-order valence-corrected chi connectivity index (χ4v) is 1.84. The van der Waals surface area contributed by atoms with Crippen LogP contribution in [-0.4, -0.2) is 35.9 Å². The van der Waals surface area contributed by atoms with E-state index in [2.05, 4.69) is 10.5 Å². The maximum atomic E-state index is 11.7. The van der Waals surface area contributed by atoms with Gasteiger partial charge in [-0.15, -0.1) is 0 Å². The van der Waals surface area contributed by atoms with E-state index in [9.17, 15) is 20.0 Å². The first-order valence-electron chi connectivity index (χ1n) is 7.06. The number of phenolic OH excluding ortho intramolecular Hbond substituents is 1. The Morgan fingerprint density at radius 1 is 1.36 bits per heavy atom. The highest BCUT2D eigenvalue weighted by Gasteiger charge is 2.14. The van der Waals surface area contributed by atoms with E-state index in [0.29, 0.717) is 11.3 Å². The Morgan fingerprint density at radius 2 is 2.12 bits per heavy atom. The molecule has 0 unspecified atom stereocenters. The van der Waals surface area contributed by atoms with Crippen molar-refractivity contribution in [2.24, 2.45) is 5.10 Å². The maximum absolute atomic E-state index is 11.7. The molecule has 25 heavy (non-hydrogen) atoms. The van der Waals surface area contributed by atoms with Gasteiger partial charge >= 0.3 is 5.69 Å². The van der Waals surface area contributed by atoms with Crippen LogP contribution >= 0.6 is 0 Å². The fraction of sp³-hybridized carbons (Fsp3) is 0.125. The van der Waals surface area contributed by atoms with E-state index in [1.807, 2.05) is 0 Å². The lowest BCUT2D eigenvalue weighted by atomic mass is 10.2. The summed E-state index contributed by atoms with van der Waals surface area (Å²) in [5.74, 6) is -0.144. The molecular formula is C16H15N3O6. The molecule has 9 heteroatoms. The Labute approximate surface area is 142 Å². The van der Waals surface area contributed by atoms with Crippen molar-refractivity contribution in [2.45, 2.75) is 0 Å². The molecule has 0 aliphatic heterocycles. The number of aromatic hydroxyl groups is 1. The van der Waals surface area contributed by atoms with Crippen LogP contribution in [0.3, 0.4) is 0 Å². The standard InChI is InChI=1S/C16H15N3O6/c1-24-12-6-7-14(20)11(8-12)9-17-18-16(21)10-25-15-5-3-2-4-13(15)19(22)23/h2-9,20H,10H2,1H3,(H,18,21)/b17-9+. The summed E-state index contributed by atoms with van der Waals surface area (Å²) in [6, 6.07) is 10.3. The molecule has 0 fully saturated rings. The number of amides is 1. The monoisotopic (exact) mass is 345 g/mol. The first kappa shape index (κ1) is 17.7. The van der Waals surface area contributed by atoms with Gasteiger partial charge in [-0.3, -0.25) is 14.9 Å². The van der Waals surface area contributed by atoms with E-state index >= 15 is 0 Å². The number of hydrogen-bond acceptors (Lipinski definition) is 7. The minimum Gasteiger partial charge on any atom is -0.507 e. The summed E-state index contributed by atoms with van der Waals surface area (Å²) in [5, 5.41) is 24.2. The molecule has 0 radical (unpaired) electrons. The van der Waals surface area contributed by atoms with Crippen molar-refractivity contribution in [3.8, 4) is 17.2 Å². The second-order valence-electron chi connectivity index (χ2n) is 4.73. The summed E-state index contributed by atoms with van der Waals surface area (Å²) >= 11 is 0. The predicted molar refractivity (Wildman–Crippen MR) is 89.0 cm³/mol. The van der Waals surface area contributed by atoms with Crippen LogP contribution in [0.2, 0.25) is 0 Å². The molecule has 0 aromatic heterocycles. The highest BCUT2D eigenvalue weighted by atomic mass is 16.6. The van der Waals surface area contributed by atoms with Crippen molar-refractivity contribution in [3.63, 3.8) is 0 Å². The average molecular weight is 345 g/mol. The highest BCUT2D eigenvalue weighted by molar-refractivity contribution is 5.85. The molecule has 2 N–H and O–H groups in total. The maximum Gasteiger partial charge on any atom is 0.310 e. The third-order valence-electron chi connectivity index (χ3n) is 3.05. The third-order valence-corrected chi connectivity index (χ3v) is 3.05. The van der Waals surface area contributed by atoms with E-state index in [4.69, 9.17) is 9.47 Å². The van der Waals surface area contributed by atoms with Crippen molar-refractivity contribution in [1.82, 2.24) is 5.43 Å². The van der Waals surface area contributed by atoms with E-state index in [1.54, 1.807) is 12.1 Å². The van der Waals surface area contributed by atoms with Gasteiger partial charge in [-0.25, -0.2) is 5.43 Å². The van der Waals surface area contributed by atoms with Crippen LogP contribution < -0.4 is 14.9 Å². The van der Waals surface area contributed by atoms with Gasteiger partial charge in [0.05, 0.1) is 18.2 Å². The zero-order valence-corrected chi connectivity index (χ0v) is 13.2. The SMILES string of the molecule is COc1ccc(O)c(/C=N/NC(=O)COc2ccccc2[N+](=O)[O-])c1. The molecule has 0 aliphatic rings. The number of hydrazone groups is 1. The number of para-hydroxylation sites is 2. The van der Waals surface area contributed by atoms with Gasteiger partial charge in [-0.2, -0.15) is 5.10 Å². The first-order chi connectivity index (χ1) is 12.0. The van der Waals surface area contributed by atoms with Gasteiger partial charge in [-0.1, -0.05) is 12.1 Å². The largest absolute Gasteiger partial charge is 0.507 e. The number of nitro benzene ring substituents is 1. The quantitative estimate of drug-likeness (QED) is 0.448. The Balaban J connectivity index is 1.92. The van der Waals surface area contributed by atoms with E-state index in [0.717, 1.165) is 0 Å². The number of ether oxygens (including phenoxy) is 2. The molecule has 2 aromatic rings. The molecule has 0 heterocycles. The summed E-state index contributed by atoms with van der Waals surface area (Å²) in [4.78, 5) is 21.9. The van der Waals surface area contributed by atoms with Crippen molar-refractivity contribution in [1.29, 1.82) is 0 Å². The molecule has 0 aliphatic carbocycles. The fourth-order valence-electron chi connectivity index (χ4n) is 1.84. The van der Waals surface area contributed by atoms with Crippen LogP contribution in [0, 0.1) is 10.1 Å². The molecule has 1 amide bonds.